The molecule has 6 nitrogen and oxygen atoms in total. The van der Waals surface area contributed by atoms with Gasteiger partial charge in [0, 0.05) is 43.9 Å². The third-order valence-electron chi connectivity index (χ3n) is 6.94. The summed E-state index contributed by atoms with van der Waals surface area (Å²) in [5, 5.41) is 4.06. The Hall–Kier alpha value is -2.18. The van der Waals surface area contributed by atoms with Crippen LogP contribution >= 0.6 is 0 Å². The molecule has 2 saturated heterocycles. The van der Waals surface area contributed by atoms with Gasteiger partial charge in [0.05, 0.1) is 0 Å². The largest absolute Gasteiger partial charge is 0.369 e. The molecule has 0 radical (unpaired) electrons. The van der Waals surface area contributed by atoms with E-state index in [4.69, 9.17) is 4.52 Å². The van der Waals surface area contributed by atoms with Gasteiger partial charge in [-0.25, -0.2) is 0 Å². The zero-order valence-corrected chi connectivity index (χ0v) is 22.1. The Bertz CT molecular complexity index is 854. The second-order valence-corrected chi connectivity index (χ2v) is 10.8. The SMILES string of the molecule is C=CC(C)(C)C.CCc1nc(-c2ccc(N3CCN(CCC4CCN(C)CC4)CC3)cc2)no1. The minimum absolute atomic E-state index is 0.306. The molecular weight excluding hydrogens is 422 g/mol. The Morgan fingerprint density at radius 2 is 1.65 bits per heavy atom. The normalized spacial score (nSPS) is 18.4. The van der Waals surface area contributed by atoms with Gasteiger partial charge in [0.1, 0.15) is 0 Å². The van der Waals surface area contributed by atoms with Crippen LogP contribution in [0.3, 0.4) is 0 Å². The number of piperidine rings is 1. The van der Waals surface area contributed by atoms with E-state index in [0.29, 0.717) is 17.1 Å². The number of likely N-dealkylation sites (tertiary alicyclic amines) is 1. The van der Waals surface area contributed by atoms with Crippen molar-refractivity contribution in [1.29, 1.82) is 0 Å². The molecule has 2 aliphatic heterocycles. The standard InChI is InChI=1S/C22H33N5O.C6H12/c1-3-21-23-22(24-28-21)19-4-6-20(7-5-19)27-16-14-26(15-17-27)13-10-18-8-11-25(2)12-9-18;1-5-6(2,3)4/h4-7,18H,3,8-17H2,1-2H3;5H,1H2,2-4H3. The molecule has 0 aliphatic carbocycles. The summed E-state index contributed by atoms with van der Waals surface area (Å²) in [7, 11) is 2.24. The number of rotatable bonds is 6. The number of hydrogen-bond acceptors (Lipinski definition) is 6. The predicted octanol–water partition coefficient (Wildman–Crippen LogP) is 5.37. The summed E-state index contributed by atoms with van der Waals surface area (Å²) in [6, 6.07) is 8.58. The second-order valence-electron chi connectivity index (χ2n) is 10.8. The number of anilines is 1. The third kappa shape index (κ3) is 8.24. The van der Waals surface area contributed by atoms with Crippen molar-refractivity contribution in [2.75, 3.05) is 57.8 Å². The van der Waals surface area contributed by atoms with Crippen LogP contribution in [0.25, 0.3) is 11.4 Å². The average molecular weight is 468 g/mol. The number of nitrogens with zero attached hydrogens (tertiary/aromatic N) is 5. The fourth-order valence-electron chi connectivity index (χ4n) is 4.28. The lowest BCUT2D eigenvalue weighted by Crippen LogP contribution is -2.47. The van der Waals surface area contributed by atoms with Crippen LogP contribution in [-0.2, 0) is 6.42 Å². The van der Waals surface area contributed by atoms with Crippen LogP contribution in [0.5, 0.6) is 0 Å². The summed E-state index contributed by atoms with van der Waals surface area (Å²) < 4.78 is 5.22. The lowest BCUT2D eigenvalue weighted by atomic mass is 9.93. The molecule has 2 aliphatic rings. The smallest absolute Gasteiger partial charge is 0.226 e. The highest BCUT2D eigenvalue weighted by Crippen LogP contribution is 2.24. The molecule has 4 rings (SSSR count). The van der Waals surface area contributed by atoms with E-state index < -0.39 is 0 Å². The molecule has 6 heteroatoms. The van der Waals surface area contributed by atoms with Crippen molar-refractivity contribution in [2.24, 2.45) is 11.3 Å². The molecule has 0 saturated carbocycles. The Morgan fingerprint density at radius 3 is 2.18 bits per heavy atom. The Labute approximate surface area is 207 Å². The minimum Gasteiger partial charge on any atom is -0.369 e. The Morgan fingerprint density at radius 1 is 1.03 bits per heavy atom. The van der Waals surface area contributed by atoms with Gasteiger partial charge in [0.15, 0.2) is 0 Å². The number of piperazine rings is 1. The fraction of sp³-hybridized carbons (Fsp3) is 0.643. The van der Waals surface area contributed by atoms with Crippen molar-refractivity contribution < 1.29 is 4.52 Å². The van der Waals surface area contributed by atoms with E-state index in [1.807, 2.05) is 13.0 Å². The van der Waals surface area contributed by atoms with Gasteiger partial charge in [-0.05, 0) is 81.5 Å². The Kier molecular flexibility index (Phi) is 9.72. The van der Waals surface area contributed by atoms with Gasteiger partial charge in [0.2, 0.25) is 11.7 Å². The fourth-order valence-corrected chi connectivity index (χ4v) is 4.28. The van der Waals surface area contributed by atoms with E-state index in [1.165, 1.54) is 57.7 Å². The van der Waals surface area contributed by atoms with Crippen molar-refractivity contribution >= 4 is 5.69 Å². The summed E-state index contributed by atoms with van der Waals surface area (Å²) in [5.41, 5.74) is 2.61. The van der Waals surface area contributed by atoms with Crippen molar-refractivity contribution in [3.63, 3.8) is 0 Å². The maximum absolute atomic E-state index is 5.22. The van der Waals surface area contributed by atoms with E-state index in [1.54, 1.807) is 0 Å². The maximum Gasteiger partial charge on any atom is 0.226 e. The monoisotopic (exact) mass is 467 g/mol. The molecule has 0 N–H and O–H groups in total. The molecule has 188 valence electrons. The molecule has 0 spiro atoms. The zero-order valence-electron chi connectivity index (χ0n) is 22.1. The lowest BCUT2D eigenvalue weighted by Gasteiger charge is -2.37. The molecule has 0 atom stereocenters. The van der Waals surface area contributed by atoms with Crippen LogP contribution in [0.15, 0.2) is 41.4 Å². The van der Waals surface area contributed by atoms with Crippen LogP contribution in [0, 0.1) is 11.3 Å². The summed E-state index contributed by atoms with van der Waals surface area (Å²) >= 11 is 0. The molecule has 0 bridgehead atoms. The highest BCUT2D eigenvalue weighted by molar-refractivity contribution is 5.60. The first-order valence-corrected chi connectivity index (χ1v) is 13.0. The van der Waals surface area contributed by atoms with Gasteiger partial charge >= 0.3 is 0 Å². The van der Waals surface area contributed by atoms with E-state index in [0.717, 1.165) is 31.0 Å². The van der Waals surface area contributed by atoms with Gasteiger partial charge < -0.3 is 14.3 Å². The van der Waals surface area contributed by atoms with Crippen LogP contribution < -0.4 is 4.90 Å². The third-order valence-corrected chi connectivity index (χ3v) is 6.94. The molecule has 2 aromatic rings. The number of aromatic nitrogens is 2. The molecule has 1 aromatic carbocycles. The second kappa shape index (κ2) is 12.5. The first kappa shape index (κ1) is 26.4. The van der Waals surface area contributed by atoms with Crippen LogP contribution in [-0.4, -0.2) is 72.8 Å². The number of allylic oxidation sites excluding steroid dienone is 1. The zero-order chi connectivity index (χ0) is 24.6. The van der Waals surface area contributed by atoms with E-state index >= 15 is 0 Å². The van der Waals surface area contributed by atoms with Crippen LogP contribution in [0.2, 0.25) is 0 Å². The van der Waals surface area contributed by atoms with Gasteiger partial charge in [-0.3, -0.25) is 4.90 Å². The number of benzene rings is 1. The molecule has 2 fully saturated rings. The number of aryl methyl sites for hydroxylation is 1. The van der Waals surface area contributed by atoms with Crippen molar-refractivity contribution in [2.45, 2.75) is 53.4 Å². The van der Waals surface area contributed by atoms with Crippen molar-refractivity contribution in [1.82, 2.24) is 19.9 Å². The van der Waals surface area contributed by atoms with Crippen LogP contribution in [0.4, 0.5) is 5.69 Å². The predicted molar refractivity (Wildman–Crippen MR) is 142 cm³/mol. The minimum atomic E-state index is 0.306. The van der Waals surface area contributed by atoms with Crippen LogP contribution in [0.1, 0.15) is 52.8 Å². The number of hydrogen-bond donors (Lipinski definition) is 0. The quantitative estimate of drug-likeness (QED) is 0.532. The first-order chi connectivity index (χ1) is 16.3. The van der Waals surface area contributed by atoms with Crippen molar-refractivity contribution in [3.8, 4) is 11.4 Å². The topological polar surface area (TPSA) is 48.6 Å². The highest BCUT2D eigenvalue weighted by atomic mass is 16.5. The van der Waals surface area contributed by atoms with Gasteiger partial charge in [-0.1, -0.05) is 38.9 Å². The van der Waals surface area contributed by atoms with Gasteiger partial charge in [-0.15, -0.1) is 6.58 Å². The average Bonchev–Trinajstić information content (AvgIpc) is 3.34. The first-order valence-electron chi connectivity index (χ1n) is 13.0. The summed E-state index contributed by atoms with van der Waals surface area (Å²) in [6.45, 7) is 20.4. The van der Waals surface area contributed by atoms with Crippen molar-refractivity contribution in [3.05, 3.63) is 42.8 Å². The highest BCUT2D eigenvalue weighted by Gasteiger charge is 2.21. The summed E-state index contributed by atoms with van der Waals surface area (Å²) in [6.07, 6.45) is 6.83. The van der Waals surface area contributed by atoms with E-state index in [9.17, 15) is 0 Å². The molecule has 34 heavy (non-hydrogen) atoms. The molecule has 0 amide bonds. The van der Waals surface area contributed by atoms with E-state index in [2.05, 4.69) is 83.5 Å². The summed E-state index contributed by atoms with van der Waals surface area (Å²) in [4.78, 5) is 12.0. The van der Waals surface area contributed by atoms with E-state index in [-0.39, 0.29) is 0 Å². The molecular formula is C28H45N5O. The molecule has 1 aromatic heterocycles. The molecule has 0 unspecified atom stereocenters. The summed E-state index contributed by atoms with van der Waals surface area (Å²) in [5.74, 6) is 2.30. The Balaban J connectivity index is 0.000000481. The van der Waals surface area contributed by atoms with Gasteiger partial charge in [-0.2, -0.15) is 4.98 Å². The lowest BCUT2D eigenvalue weighted by molar-refractivity contribution is 0.182. The molecule has 3 heterocycles. The maximum atomic E-state index is 5.22. The van der Waals surface area contributed by atoms with Gasteiger partial charge in [0.25, 0.3) is 0 Å².